The highest BCUT2D eigenvalue weighted by atomic mass is 127. The zero-order valence-corrected chi connectivity index (χ0v) is 12.5. The van der Waals surface area contributed by atoms with Crippen LogP contribution >= 0.6 is 24.0 Å². The third kappa shape index (κ3) is 4.53. The lowest BCUT2D eigenvalue weighted by molar-refractivity contribution is 0.487. The Morgan fingerprint density at radius 1 is 1.35 bits per heavy atom. The number of rotatable bonds is 4. The Balaban J connectivity index is 0.00000144. The zero-order valence-electron chi connectivity index (χ0n) is 10.2. The van der Waals surface area contributed by atoms with Gasteiger partial charge in [-0.1, -0.05) is 30.3 Å². The summed E-state index contributed by atoms with van der Waals surface area (Å²) < 4.78 is 0. The predicted octanol–water partition coefficient (Wildman–Crippen LogP) is 2.26. The van der Waals surface area contributed by atoms with E-state index in [0.717, 1.165) is 13.0 Å². The minimum atomic E-state index is 0. The molecule has 0 saturated heterocycles. The van der Waals surface area contributed by atoms with Crippen LogP contribution in [0.2, 0.25) is 0 Å². The van der Waals surface area contributed by atoms with Crippen LogP contribution in [0.5, 0.6) is 0 Å². The Morgan fingerprint density at radius 2 is 2.00 bits per heavy atom. The van der Waals surface area contributed by atoms with E-state index >= 15 is 0 Å². The first-order valence-electron chi connectivity index (χ1n) is 5.84. The van der Waals surface area contributed by atoms with Crippen LogP contribution in [0.3, 0.4) is 0 Å². The molecule has 0 heterocycles. The van der Waals surface area contributed by atoms with E-state index in [2.05, 4.69) is 34.2 Å². The molecular weight excluding hydrogens is 325 g/mol. The van der Waals surface area contributed by atoms with Crippen molar-refractivity contribution in [2.24, 2.45) is 10.7 Å². The van der Waals surface area contributed by atoms with E-state index in [-0.39, 0.29) is 24.0 Å². The third-order valence-corrected chi connectivity index (χ3v) is 2.97. The van der Waals surface area contributed by atoms with Crippen LogP contribution in [0, 0.1) is 0 Å². The molecule has 0 radical (unpaired) electrons. The molecule has 2 N–H and O–H groups in total. The Morgan fingerprint density at radius 3 is 2.59 bits per heavy atom. The molecule has 17 heavy (non-hydrogen) atoms. The Hall–Kier alpha value is -0.780. The first-order chi connectivity index (χ1) is 7.77. The lowest BCUT2D eigenvalue weighted by Crippen LogP contribution is -2.35. The van der Waals surface area contributed by atoms with Crippen molar-refractivity contribution in [3.8, 4) is 0 Å². The van der Waals surface area contributed by atoms with Gasteiger partial charge in [-0.15, -0.1) is 24.0 Å². The van der Waals surface area contributed by atoms with E-state index in [9.17, 15) is 0 Å². The molecule has 4 heteroatoms. The highest BCUT2D eigenvalue weighted by Crippen LogP contribution is 2.24. The summed E-state index contributed by atoms with van der Waals surface area (Å²) in [6.07, 6.45) is 3.47. The smallest absolute Gasteiger partial charge is 0.191 e. The van der Waals surface area contributed by atoms with Crippen LogP contribution in [0.25, 0.3) is 0 Å². The van der Waals surface area contributed by atoms with Crippen molar-refractivity contribution in [3.63, 3.8) is 0 Å². The van der Waals surface area contributed by atoms with Crippen molar-refractivity contribution >= 4 is 29.9 Å². The largest absolute Gasteiger partial charge is 0.370 e. The molecular formula is C13H20IN3. The van der Waals surface area contributed by atoms with E-state index in [1.807, 2.05) is 13.1 Å². The highest BCUT2D eigenvalue weighted by molar-refractivity contribution is 14.0. The summed E-state index contributed by atoms with van der Waals surface area (Å²) in [5.41, 5.74) is 7.21. The lowest BCUT2D eigenvalue weighted by Gasteiger charge is -2.16. The number of halogens is 1. The number of benzene rings is 1. The van der Waals surface area contributed by atoms with Gasteiger partial charge in [-0.2, -0.15) is 0 Å². The maximum Gasteiger partial charge on any atom is 0.191 e. The number of guanidine groups is 1. The molecule has 0 spiro atoms. The fraction of sp³-hybridized carbons (Fsp3) is 0.462. The maximum atomic E-state index is 5.90. The van der Waals surface area contributed by atoms with Gasteiger partial charge in [0.25, 0.3) is 0 Å². The maximum absolute atomic E-state index is 5.90. The van der Waals surface area contributed by atoms with E-state index < -0.39 is 0 Å². The Bertz CT molecular complexity index is 360. The van der Waals surface area contributed by atoms with Gasteiger partial charge in [-0.05, 0) is 24.8 Å². The van der Waals surface area contributed by atoms with Gasteiger partial charge in [-0.25, -0.2) is 0 Å². The number of aliphatic imine (C=N–C) groups is 1. The standard InChI is InChI=1S/C13H19N3.HI/c1-16(12-7-8-12)13(14)15-10-9-11-5-3-2-4-6-11;/h2-6,12H,7-10H2,1H3,(H2,14,15);1H. The quantitative estimate of drug-likeness (QED) is 0.517. The van der Waals surface area contributed by atoms with Gasteiger partial charge >= 0.3 is 0 Å². The first-order valence-corrected chi connectivity index (χ1v) is 5.84. The molecule has 0 aliphatic heterocycles. The molecule has 1 fully saturated rings. The number of hydrogen-bond acceptors (Lipinski definition) is 1. The third-order valence-electron chi connectivity index (χ3n) is 2.97. The van der Waals surface area contributed by atoms with Gasteiger partial charge in [0.1, 0.15) is 0 Å². The minimum absolute atomic E-state index is 0. The first kappa shape index (κ1) is 14.3. The van der Waals surface area contributed by atoms with Crippen LogP contribution in [-0.2, 0) is 6.42 Å². The second kappa shape index (κ2) is 6.83. The van der Waals surface area contributed by atoms with Crippen molar-refractivity contribution in [2.45, 2.75) is 25.3 Å². The summed E-state index contributed by atoms with van der Waals surface area (Å²) in [6, 6.07) is 11.0. The minimum Gasteiger partial charge on any atom is -0.370 e. The fourth-order valence-corrected chi connectivity index (χ4v) is 1.70. The predicted molar refractivity (Wildman–Crippen MR) is 82.8 cm³/mol. The average Bonchev–Trinajstić information content (AvgIpc) is 3.13. The number of nitrogens with two attached hydrogens (primary N) is 1. The van der Waals surface area contributed by atoms with Crippen LogP contribution in [0.4, 0.5) is 0 Å². The molecule has 0 amide bonds. The van der Waals surface area contributed by atoms with Gasteiger partial charge in [0.2, 0.25) is 0 Å². The summed E-state index contributed by atoms with van der Waals surface area (Å²) in [4.78, 5) is 6.49. The molecule has 94 valence electrons. The van der Waals surface area contributed by atoms with E-state index in [4.69, 9.17) is 5.73 Å². The molecule has 0 atom stereocenters. The van der Waals surface area contributed by atoms with Crippen molar-refractivity contribution in [3.05, 3.63) is 35.9 Å². The molecule has 1 saturated carbocycles. The summed E-state index contributed by atoms with van der Waals surface area (Å²) in [6.45, 7) is 0.771. The van der Waals surface area contributed by atoms with E-state index in [0.29, 0.717) is 12.0 Å². The van der Waals surface area contributed by atoms with Crippen LogP contribution in [0.1, 0.15) is 18.4 Å². The van der Waals surface area contributed by atoms with Gasteiger partial charge < -0.3 is 10.6 Å². The molecule has 2 rings (SSSR count). The van der Waals surface area contributed by atoms with Crippen LogP contribution in [0.15, 0.2) is 35.3 Å². The molecule has 1 aliphatic rings. The number of nitrogens with zero attached hydrogens (tertiary/aromatic N) is 2. The summed E-state index contributed by atoms with van der Waals surface area (Å²) in [7, 11) is 2.03. The number of hydrogen-bond donors (Lipinski definition) is 1. The van der Waals surface area contributed by atoms with Crippen molar-refractivity contribution in [1.82, 2.24) is 4.90 Å². The Labute approximate surface area is 120 Å². The molecule has 1 aromatic carbocycles. The van der Waals surface area contributed by atoms with E-state index in [1.165, 1.54) is 18.4 Å². The summed E-state index contributed by atoms with van der Waals surface area (Å²) >= 11 is 0. The average molecular weight is 345 g/mol. The topological polar surface area (TPSA) is 41.6 Å². The van der Waals surface area contributed by atoms with Crippen LogP contribution < -0.4 is 5.73 Å². The van der Waals surface area contributed by atoms with Gasteiger partial charge in [-0.3, -0.25) is 4.99 Å². The second-order valence-corrected chi connectivity index (χ2v) is 4.32. The molecule has 1 aliphatic carbocycles. The van der Waals surface area contributed by atoms with Crippen LogP contribution in [-0.4, -0.2) is 30.5 Å². The molecule has 1 aromatic rings. The van der Waals surface area contributed by atoms with E-state index in [1.54, 1.807) is 0 Å². The van der Waals surface area contributed by atoms with Gasteiger partial charge in [0.15, 0.2) is 5.96 Å². The SMILES string of the molecule is CN(C(N)=NCCc1ccccc1)C1CC1.I. The molecule has 3 nitrogen and oxygen atoms in total. The molecule has 0 bridgehead atoms. The molecule has 0 aromatic heterocycles. The second-order valence-electron chi connectivity index (χ2n) is 4.32. The fourth-order valence-electron chi connectivity index (χ4n) is 1.70. The summed E-state index contributed by atoms with van der Waals surface area (Å²) in [5.74, 6) is 0.679. The normalized spacial score (nSPS) is 15.2. The molecule has 0 unspecified atom stereocenters. The highest BCUT2D eigenvalue weighted by Gasteiger charge is 2.27. The monoisotopic (exact) mass is 345 g/mol. The van der Waals surface area contributed by atoms with Gasteiger partial charge in [0.05, 0.1) is 0 Å². The van der Waals surface area contributed by atoms with Gasteiger partial charge in [0, 0.05) is 19.6 Å². The Kier molecular flexibility index (Phi) is 5.74. The zero-order chi connectivity index (χ0) is 11.4. The van der Waals surface area contributed by atoms with Crippen molar-refractivity contribution in [1.29, 1.82) is 0 Å². The lowest BCUT2D eigenvalue weighted by atomic mass is 10.2. The van der Waals surface area contributed by atoms with Crippen molar-refractivity contribution in [2.75, 3.05) is 13.6 Å². The summed E-state index contributed by atoms with van der Waals surface area (Å²) in [5, 5.41) is 0. The van der Waals surface area contributed by atoms with Crippen molar-refractivity contribution < 1.29 is 0 Å².